The highest BCUT2D eigenvalue weighted by Crippen LogP contribution is 2.52. The summed E-state index contributed by atoms with van der Waals surface area (Å²) in [6, 6.07) is 0. The highest BCUT2D eigenvalue weighted by Gasteiger charge is 2.33. The first-order valence-corrected chi connectivity index (χ1v) is 19.7. The van der Waals surface area contributed by atoms with Gasteiger partial charge in [-0.2, -0.15) is 0 Å². The molecule has 0 radical (unpaired) electrons. The molecule has 0 N–H and O–H groups in total. The fourth-order valence-electron chi connectivity index (χ4n) is 5.32. The number of rotatable bonds is 33. The third-order valence-corrected chi connectivity index (χ3v) is 10.4. The summed E-state index contributed by atoms with van der Waals surface area (Å²) in [6.45, 7) is 10.0. The molecule has 0 bridgehead atoms. The molecule has 41 heavy (non-hydrogen) atoms. The zero-order valence-corrected chi connectivity index (χ0v) is 30.0. The first kappa shape index (κ1) is 41.1. The fourth-order valence-corrected chi connectivity index (χ4v) is 7.12. The third-order valence-electron chi connectivity index (χ3n) is 8.25. The van der Waals surface area contributed by atoms with E-state index >= 15 is 0 Å². The zero-order valence-electron chi connectivity index (χ0n) is 29.1. The van der Waals surface area contributed by atoms with Gasteiger partial charge in [-0.05, 0) is 12.8 Å². The molecule has 0 aromatic carbocycles. The van der Waals surface area contributed by atoms with E-state index in [2.05, 4.69) is 41.9 Å². The molecular formula is C35H76N2O3P+. The lowest BCUT2D eigenvalue weighted by Gasteiger charge is -2.32. The normalized spacial score (nSPS) is 12.6. The van der Waals surface area contributed by atoms with Crippen molar-refractivity contribution in [2.45, 2.75) is 175 Å². The first-order chi connectivity index (χ1) is 19.8. The van der Waals surface area contributed by atoms with Crippen LogP contribution in [0.3, 0.4) is 0 Å². The average Bonchev–Trinajstić information content (AvgIpc) is 2.93. The monoisotopic (exact) mass is 604 g/mol. The summed E-state index contributed by atoms with van der Waals surface area (Å²) in [5.74, 6) is 0. The molecule has 0 heterocycles. The minimum atomic E-state index is -3.26. The topological polar surface area (TPSA) is 38.8 Å². The Kier molecular flexibility index (Phi) is 28.9. The molecule has 6 heteroatoms. The van der Waals surface area contributed by atoms with E-state index in [1.54, 1.807) is 0 Å². The summed E-state index contributed by atoms with van der Waals surface area (Å²) >= 11 is 0. The highest BCUT2D eigenvalue weighted by atomic mass is 31.2. The van der Waals surface area contributed by atoms with Crippen molar-refractivity contribution in [1.82, 2.24) is 4.67 Å². The second-order valence-electron chi connectivity index (χ2n) is 13.5. The smallest absolute Gasteiger partial charge is 0.330 e. The van der Waals surface area contributed by atoms with E-state index in [-0.39, 0.29) is 0 Å². The Hall–Kier alpha value is 0.0700. The van der Waals surface area contributed by atoms with Crippen LogP contribution in [-0.2, 0) is 13.6 Å². The molecular weight excluding hydrogens is 527 g/mol. The van der Waals surface area contributed by atoms with Gasteiger partial charge in [0.15, 0.2) is 0 Å². The molecule has 0 aromatic heterocycles. The third kappa shape index (κ3) is 27.4. The van der Waals surface area contributed by atoms with Gasteiger partial charge >= 0.3 is 7.75 Å². The summed E-state index contributed by atoms with van der Waals surface area (Å²) in [5, 5.41) is 0. The number of quaternary nitrogens is 1. The standard InChI is InChI=1S/C35H76N2O3P/c1-7-10-12-14-16-18-20-22-24-26-28-30-34-39-41(38,36(9-3)32-33-37(4,5)6)40-35-31-29-27-25-23-21-19-17-15-13-11-8-2/h7-35H2,1-6H3/q+1. The Balaban J connectivity index is 4.23. The molecule has 248 valence electrons. The van der Waals surface area contributed by atoms with Crippen LogP contribution in [0, 0.1) is 0 Å². The Labute approximate surface area is 259 Å². The molecule has 0 unspecified atom stereocenters. The van der Waals surface area contributed by atoms with Crippen LogP contribution in [0.5, 0.6) is 0 Å². The zero-order chi connectivity index (χ0) is 30.5. The van der Waals surface area contributed by atoms with Gasteiger partial charge in [0.25, 0.3) is 0 Å². The molecule has 0 atom stereocenters. The lowest BCUT2D eigenvalue weighted by Crippen LogP contribution is -2.41. The van der Waals surface area contributed by atoms with Crippen LogP contribution in [0.4, 0.5) is 0 Å². The van der Waals surface area contributed by atoms with Crippen LogP contribution in [0.25, 0.3) is 0 Å². The summed E-state index contributed by atoms with van der Waals surface area (Å²) in [4.78, 5) is 0. The first-order valence-electron chi connectivity index (χ1n) is 18.2. The van der Waals surface area contributed by atoms with Crippen LogP contribution in [-0.4, -0.2) is 63.1 Å². The van der Waals surface area contributed by atoms with Gasteiger partial charge in [0.1, 0.15) is 0 Å². The maximum atomic E-state index is 13.9. The predicted octanol–water partition coefficient (Wildman–Crippen LogP) is 11.6. The summed E-state index contributed by atoms with van der Waals surface area (Å²) in [6.07, 6.45) is 31.5. The van der Waals surface area contributed by atoms with Crippen LogP contribution >= 0.6 is 7.75 Å². The number of hydrogen-bond acceptors (Lipinski definition) is 3. The van der Waals surface area contributed by atoms with E-state index in [1.807, 2.05) is 4.67 Å². The van der Waals surface area contributed by atoms with Crippen molar-refractivity contribution in [2.75, 3.05) is 54.0 Å². The minimum Gasteiger partial charge on any atom is -0.330 e. The average molecular weight is 604 g/mol. The molecule has 0 saturated carbocycles. The van der Waals surface area contributed by atoms with Gasteiger partial charge in [-0.25, -0.2) is 9.24 Å². The van der Waals surface area contributed by atoms with E-state index in [1.165, 1.54) is 128 Å². The van der Waals surface area contributed by atoms with E-state index in [0.29, 0.717) is 19.8 Å². The lowest BCUT2D eigenvalue weighted by molar-refractivity contribution is -0.869. The van der Waals surface area contributed by atoms with Gasteiger partial charge in [-0.1, -0.05) is 162 Å². The van der Waals surface area contributed by atoms with Crippen molar-refractivity contribution in [3.63, 3.8) is 0 Å². The fraction of sp³-hybridized carbons (Fsp3) is 1.00. The van der Waals surface area contributed by atoms with Crippen LogP contribution in [0.1, 0.15) is 175 Å². The van der Waals surface area contributed by atoms with Crippen molar-refractivity contribution in [3.8, 4) is 0 Å². The maximum absolute atomic E-state index is 13.9. The van der Waals surface area contributed by atoms with Crippen molar-refractivity contribution in [3.05, 3.63) is 0 Å². The van der Waals surface area contributed by atoms with Crippen molar-refractivity contribution in [2.24, 2.45) is 0 Å². The van der Waals surface area contributed by atoms with Crippen molar-refractivity contribution < 1.29 is 18.1 Å². The Morgan fingerprint density at radius 1 is 0.488 bits per heavy atom. The van der Waals surface area contributed by atoms with Gasteiger partial charge in [-0.15, -0.1) is 0 Å². The molecule has 0 fully saturated rings. The number of hydrogen-bond donors (Lipinski definition) is 0. The molecule has 0 saturated heterocycles. The van der Waals surface area contributed by atoms with E-state index < -0.39 is 7.75 Å². The van der Waals surface area contributed by atoms with Crippen LogP contribution < -0.4 is 0 Å². The van der Waals surface area contributed by atoms with Gasteiger partial charge in [0.2, 0.25) is 0 Å². The highest BCUT2D eigenvalue weighted by molar-refractivity contribution is 7.51. The van der Waals surface area contributed by atoms with Crippen molar-refractivity contribution >= 4 is 7.75 Å². The molecule has 0 aliphatic rings. The quantitative estimate of drug-likeness (QED) is 0.0425. The minimum absolute atomic E-state index is 0.536. The summed E-state index contributed by atoms with van der Waals surface area (Å²) in [7, 11) is 3.28. The van der Waals surface area contributed by atoms with Crippen LogP contribution in [0.2, 0.25) is 0 Å². The van der Waals surface area contributed by atoms with Crippen molar-refractivity contribution in [1.29, 1.82) is 0 Å². The predicted molar refractivity (Wildman–Crippen MR) is 182 cm³/mol. The Bertz CT molecular complexity index is 548. The van der Waals surface area contributed by atoms with E-state index in [9.17, 15) is 4.57 Å². The summed E-state index contributed by atoms with van der Waals surface area (Å²) in [5.41, 5.74) is 0. The van der Waals surface area contributed by atoms with Gasteiger partial charge in [-0.3, -0.25) is 9.05 Å². The molecule has 0 amide bonds. The molecule has 0 spiro atoms. The number of unbranched alkanes of at least 4 members (excludes halogenated alkanes) is 22. The number of likely N-dealkylation sites (N-methyl/N-ethyl adjacent to an activating group) is 2. The largest absolute Gasteiger partial charge is 0.408 e. The maximum Gasteiger partial charge on any atom is 0.408 e. The van der Waals surface area contributed by atoms with Gasteiger partial charge < -0.3 is 4.48 Å². The molecule has 0 aliphatic carbocycles. The molecule has 0 aromatic rings. The second kappa shape index (κ2) is 28.8. The molecule has 0 rings (SSSR count). The Morgan fingerprint density at radius 2 is 0.780 bits per heavy atom. The second-order valence-corrected chi connectivity index (χ2v) is 15.5. The van der Waals surface area contributed by atoms with Crippen LogP contribution in [0.15, 0.2) is 0 Å². The van der Waals surface area contributed by atoms with E-state index in [0.717, 1.165) is 43.3 Å². The summed E-state index contributed by atoms with van der Waals surface area (Å²) < 4.78 is 28.9. The van der Waals surface area contributed by atoms with Gasteiger partial charge in [0.05, 0.1) is 47.4 Å². The molecule has 5 nitrogen and oxygen atoms in total. The SMILES string of the molecule is CCCCCCCCCCCCCCOP(=O)(OCCCCCCCCCCCCCC)N(CC)CC[N+](C)(C)C. The Morgan fingerprint density at radius 3 is 1.05 bits per heavy atom. The number of nitrogens with zero attached hydrogens (tertiary/aromatic N) is 2. The molecule has 0 aliphatic heterocycles. The lowest BCUT2D eigenvalue weighted by atomic mass is 10.1. The van der Waals surface area contributed by atoms with E-state index in [4.69, 9.17) is 9.05 Å². The van der Waals surface area contributed by atoms with Gasteiger partial charge in [0, 0.05) is 6.54 Å².